The molecule has 1 unspecified atom stereocenters. The van der Waals surface area contributed by atoms with E-state index in [4.69, 9.17) is 19.2 Å². The SMILES string of the molecule is COC(=O)c1cc(-c2ccc(OC)c(-c3ccc(N4CCC4)nc3CN3C(=O)OC(c4cc(C(F)(F)F)cc(C(F)(F)F)c4)[C@@H]3C)c2)n(C)c1. The van der Waals surface area contributed by atoms with Crippen molar-refractivity contribution in [2.75, 3.05) is 32.2 Å². The quantitative estimate of drug-likeness (QED) is 0.136. The number of benzene rings is 2. The largest absolute Gasteiger partial charge is 0.496 e. The monoisotopic (exact) mass is 702 g/mol. The third-order valence-corrected chi connectivity index (χ3v) is 9.00. The second-order valence-corrected chi connectivity index (χ2v) is 12.1. The molecule has 0 radical (unpaired) electrons. The van der Waals surface area contributed by atoms with Gasteiger partial charge in [-0.15, -0.1) is 0 Å². The molecule has 2 saturated heterocycles. The van der Waals surface area contributed by atoms with Crippen LogP contribution >= 0.6 is 0 Å². The zero-order valence-corrected chi connectivity index (χ0v) is 27.4. The Kier molecular flexibility index (Phi) is 8.95. The van der Waals surface area contributed by atoms with Crippen LogP contribution in [0.25, 0.3) is 22.4 Å². The highest BCUT2D eigenvalue weighted by molar-refractivity contribution is 5.91. The molecule has 2 aliphatic heterocycles. The van der Waals surface area contributed by atoms with Crippen molar-refractivity contribution in [3.05, 3.63) is 88.7 Å². The molecular weight excluding hydrogens is 670 g/mol. The minimum Gasteiger partial charge on any atom is -0.496 e. The molecular formula is C35H32F6N4O5. The van der Waals surface area contributed by atoms with Crippen molar-refractivity contribution in [3.8, 4) is 28.1 Å². The Balaban J connectivity index is 1.40. The van der Waals surface area contributed by atoms with Crippen LogP contribution in [-0.4, -0.2) is 59.9 Å². The number of pyridine rings is 1. The first-order chi connectivity index (χ1) is 23.6. The summed E-state index contributed by atoms with van der Waals surface area (Å²) in [5, 5.41) is 0. The molecule has 2 atom stereocenters. The Hall–Kier alpha value is -5.21. The number of ether oxygens (including phenoxy) is 3. The number of halogens is 6. The Morgan fingerprint density at radius 3 is 2.20 bits per heavy atom. The summed E-state index contributed by atoms with van der Waals surface area (Å²) in [6.07, 6.45) is -9.87. The van der Waals surface area contributed by atoms with Gasteiger partial charge in [-0.3, -0.25) is 4.90 Å². The van der Waals surface area contributed by atoms with E-state index in [9.17, 15) is 35.9 Å². The topological polar surface area (TPSA) is 86.1 Å². The van der Waals surface area contributed by atoms with E-state index in [1.807, 2.05) is 29.2 Å². The summed E-state index contributed by atoms with van der Waals surface area (Å²) >= 11 is 0. The molecule has 0 N–H and O–H groups in total. The number of esters is 1. The first-order valence-electron chi connectivity index (χ1n) is 15.5. The normalized spacial score (nSPS) is 17.8. The number of carbonyl (C=O) groups is 2. The summed E-state index contributed by atoms with van der Waals surface area (Å²) in [5.41, 5.74) is -0.112. The van der Waals surface area contributed by atoms with Crippen LogP contribution in [0.3, 0.4) is 0 Å². The van der Waals surface area contributed by atoms with Crippen molar-refractivity contribution >= 4 is 17.9 Å². The van der Waals surface area contributed by atoms with Crippen molar-refractivity contribution in [2.45, 2.75) is 44.4 Å². The second-order valence-electron chi connectivity index (χ2n) is 12.1. The van der Waals surface area contributed by atoms with E-state index in [-0.39, 0.29) is 12.6 Å². The Bertz CT molecular complexity index is 1920. The molecule has 0 aliphatic carbocycles. The van der Waals surface area contributed by atoms with Crippen LogP contribution in [0, 0.1) is 0 Å². The number of rotatable bonds is 8. The smallest absolute Gasteiger partial charge is 0.416 e. The molecule has 4 heterocycles. The average molecular weight is 703 g/mol. The van der Waals surface area contributed by atoms with Crippen molar-refractivity contribution < 1.29 is 50.1 Å². The van der Waals surface area contributed by atoms with Crippen molar-refractivity contribution in [1.82, 2.24) is 14.5 Å². The highest BCUT2D eigenvalue weighted by atomic mass is 19.4. The van der Waals surface area contributed by atoms with Crippen LogP contribution < -0.4 is 9.64 Å². The lowest BCUT2D eigenvalue weighted by Crippen LogP contribution is -2.38. The second kappa shape index (κ2) is 12.9. The highest BCUT2D eigenvalue weighted by Crippen LogP contribution is 2.43. The van der Waals surface area contributed by atoms with Gasteiger partial charge in [-0.1, -0.05) is 0 Å². The van der Waals surface area contributed by atoms with E-state index in [1.54, 1.807) is 29.9 Å². The van der Waals surface area contributed by atoms with Crippen LogP contribution in [-0.2, 0) is 35.4 Å². The lowest BCUT2D eigenvalue weighted by molar-refractivity contribution is -0.143. The number of nitrogens with zero attached hydrogens (tertiary/aromatic N) is 4. The number of hydrogen-bond donors (Lipinski definition) is 0. The molecule has 15 heteroatoms. The molecule has 0 saturated carbocycles. The fraction of sp³-hybridized carbons (Fsp3) is 0.343. The summed E-state index contributed by atoms with van der Waals surface area (Å²) < 4.78 is 99.7. The van der Waals surface area contributed by atoms with Gasteiger partial charge in [0.1, 0.15) is 17.7 Å². The fourth-order valence-corrected chi connectivity index (χ4v) is 6.20. The van der Waals surface area contributed by atoms with E-state index in [0.717, 1.165) is 25.1 Å². The predicted octanol–water partition coefficient (Wildman–Crippen LogP) is 7.88. The Morgan fingerprint density at radius 1 is 0.940 bits per heavy atom. The number of amides is 1. The van der Waals surface area contributed by atoms with E-state index >= 15 is 0 Å². The summed E-state index contributed by atoms with van der Waals surface area (Å²) in [6.45, 7) is 2.85. The predicted molar refractivity (Wildman–Crippen MR) is 169 cm³/mol. The zero-order chi connectivity index (χ0) is 36.1. The van der Waals surface area contributed by atoms with Gasteiger partial charge in [0.15, 0.2) is 0 Å². The third kappa shape index (κ3) is 6.55. The van der Waals surface area contributed by atoms with Gasteiger partial charge < -0.3 is 23.7 Å². The lowest BCUT2D eigenvalue weighted by Gasteiger charge is -2.33. The molecule has 9 nitrogen and oxygen atoms in total. The molecule has 6 rings (SSSR count). The lowest BCUT2D eigenvalue weighted by atomic mass is 9.96. The average Bonchev–Trinajstić information content (AvgIpc) is 3.57. The maximum atomic E-state index is 13.6. The number of alkyl halides is 6. The number of methoxy groups -OCH3 is 2. The molecule has 2 aromatic carbocycles. The van der Waals surface area contributed by atoms with Gasteiger partial charge in [0.05, 0.1) is 49.2 Å². The van der Waals surface area contributed by atoms with Gasteiger partial charge in [0.2, 0.25) is 0 Å². The maximum Gasteiger partial charge on any atom is 0.416 e. The van der Waals surface area contributed by atoms with E-state index in [1.165, 1.54) is 26.0 Å². The summed E-state index contributed by atoms with van der Waals surface area (Å²) in [6, 6.07) is 11.0. The van der Waals surface area contributed by atoms with Crippen LogP contribution in [0.5, 0.6) is 5.75 Å². The minimum atomic E-state index is -5.06. The molecule has 2 aliphatic rings. The van der Waals surface area contributed by atoms with E-state index in [2.05, 4.69) is 0 Å². The van der Waals surface area contributed by atoms with Gasteiger partial charge in [0.25, 0.3) is 0 Å². The Labute approximate surface area is 283 Å². The van der Waals surface area contributed by atoms with Gasteiger partial charge in [0, 0.05) is 43.2 Å². The van der Waals surface area contributed by atoms with Gasteiger partial charge >= 0.3 is 24.4 Å². The molecule has 1 amide bonds. The first-order valence-corrected chi connectivity index (χ1v) is 15.5. The maximum absolute atomic E-state index is 13.6. The number of carbonyl (C=O) groups excluding carboxylic acids is 2. The van der Waals surface area contributed by atoms with Crippen molar-refractivity contribution in [2.24, 2.45) is 7.05 Å². The molecule has 50 heavy (non-hydrogen) atoms. The number of hydrogen-bond acceptors (Lipinski definition) is 7. The standard InChI is InChI=1S/C35H32F6N4O5/c1-19-31(21-12-23(34(36,37)38)16-24(13-21)35(39,40)41)50-33(47)45(19)18-27-25(7-9-30(42-27)44-10-5-11-44)26-14-20(6-8-29(26)48-3)28-15-22(17-43(28)2)32(46)49-4/h6-9,12-17,19,31H,5,10-11,18H2,1-4H3/t19-,31?/m0/s1. The number of aromatic nitrogens is 2. The number of aryl methyl sites for hydroxylation is 1. The summed E-state index contributed by atoms with van der Waals surface area (Å²) in [5.74, 6) is 0.604. The summed E-state index contributed by atoms with van der Waals surface area (Å²) in [7, 11) is 4.56. The van der Waals surface area contributed by atoms with Gasteiger partial charge in [-0.25, -0.2) is 14.6 Å². The van der Waals surface area contributed by atoms with Gasteiger partial charge in [-0.05, 0) is 79.1 Å². The van der Waals surface area contributed by atoms with Crippen LogP contribution in [0.2, 0.25) is 0 Å². The Morgan fingerprint density at radius 2 is 1.62 bits per heavy atom. The molecule has 2 fully saturated rings. The van der Waals surface area contributed by atoms with Crippen LogP contribution in [0.1, 0.15) is 52.2 Å². The van der Waals surface area contributed by atoms with Crippen molar-refractivity contribution in [1.29, 1.82) is 0 Å². The molecule has 2 aromatic heterocycles. The number of cyclic esters (lactones) is 1. The molecule has 0 spiro atoms. The van der Waals surface area contributed by atoms with E-state index in [0.29, 0.717) is 51.8 Å². The zero-order valence-electron chi connectivity index (χ0n) is 27.4. The highest BCUT2D eigenvalue weighted by Gasteiger charge is 2.43. The summed E-state index contributed by atoms with van der Waals surface area (Å²) in [4.78, 5) is 33.7. The van der Waals surface area contributed by atoms with Gasteiger partial charge in [-0.2, -0.15) is 26.3 Å². The first kappa shape index (κ1) is 34.6. The molecule has 4 aromatic rings. The minimum absolute atomic E-state index is 0.0351. The fourth-order valence-electron chi connectivity index (χ4n) is 6.20. The van der Waals surface area contributed by atoms with Crippen LogP contribution in [0.4, 0.5) is 37.0 Å². The third-order valence-electron chi connectivity index (χ3n) is 9.00. The van der Waals surface area contributed by atoms with Crippen molar-refractivity contribution in [3.63, 3.8) is 0 Å². The number of anilines is 1. The molecule has 0 bridgehead atoms. The molecule has 264 valence electrons. The van der Waals surface area contributed by atoms with Crippen LogP contribution in [0.15, 0.2) is 60.8 Å². The van der Waals surface area contributed by atoms with E-state index < -0.39 is 53.3 Å².